The number of hydrogen-bond acceptors (Lipinski definition) is 2. The van der Waals surface area contributed by atoms with Crippen molar-refractivity contribution in [2.75, 3.05) is 6.61 Å². The van der Waals surface area contributed by atoms with E-state index in [4.69, 9.17) is 4.74 Å². The third kappa shape index (κ3) is 10.4. The van der Waals surface area contributed by atoms with Gasteiger partial charge in [-0.1, -0.05) is 64.9 Å². The first-order valence-electron chi connectivity index (χ1n) is 7.57. The van der Waals surface area contributed by atoms with Gasteiger partial charge in [-0.05, 0) is 19.8 Å². The number of esters is 1. The SMILES string of the molecule is C=C(CCCCCCCCCCC)C(=O)OCC. The van der Waals surface area contributed by atoms with Gasteiger partial charge in [0.1, 0.15) is 0 Å². The summed E-state index contributed by atoms with van der Waals surface area (Å²) in [7, 11) is 0. The molecule has 0 aromatic carbocycles. The van der Waals surface area contributed by atoms with Crippen LogP contribution in [0, 0.1) is 0 Å². The Bertz CT molecular complexity index is 221. The van der Waals surface area contributed by atoms with E-state index in [1.807, 2.05) is 6.92 Å². The highest BCUT2D eigenvalue weighted by molar-refractivity contribution is 5.87. The first-order valence-corrected chi connectivity index (χ1v) is 7.57. The fourth-order valence-electron chi connectivity index (χ4n) is 1.98. The maximum atomic E-state index is 11.3. The zero-order valence-corrected chi connectivity index (χ0v) is 12.3. The highest BCUT2D eigenvalue weighted by Gasteiger charge is 2.06. The maximum absolute atomic E-state index is 11.3. The third-order valence-electron chi connectivity index (χ3n) is 3.15. The van der Waals surface area contributed by atoms with Crippen LogP contribution in [0.3, 0.4) is 0 Å². The zero-order chi connectivity index (χ0) is 13.6. The Morgan fingerprint density at radius 3 is 1.89 bits per heavy atom. The largest absolute Gasteiger partial charge is 0.463 e. The molecule has 0 bridgehead atoms. The molecule has 0 aromatic heterocycles. The van der Waals surface area contributed by atoms with E-state index in [0.717, 1.165) is 12.8 Å². The number of ether oxygens (including phenoxy) is 1. The van der Waals surface area contributed by atoms with Crippen LogP contribution in [-0.4, -0.2) is 12.6 Å². The van der Waals surface area contributed by atoms with Gasteiger partial charge in [0.05, 0.1) is 6.61 Å². The fourth-order valence-corrected chi connectivity index (χ4v) is 1.98. The van der Waals surface area contributed by atoms with Crippen molar-refractivity contribution in [3.8, 4) is 0 Å². The molecule has 0 saturated carbocycles. The molecule has 0 aliphatic rings. The first-order chi connectivity index (χ1) is 8.72. The lowest BCUT2D eigenvalue weighted by atomic mass is 10.0. The molecule has 2 heteroatoms. The minimum Gasteiger partial charge on any atom is -0.463 e. The summed E-state index contributed by atoms with van der Waals surface area (Å²) >= 11 is 0. The van der Waals surface area contributed by atoms with Gasteiger partial charge in [-0.3, -0.25) is 0 Å². The molecule has 0 aliphatic carbocycles. The Kier molecular flexibility index (Phi) is 12.1. The molecule has 18 heavy (non-hydrogen) atoms. The molecule has 0 saturated heterocycles. The number of hydrogen-bond donors (Lipinski definition) is 0. The summed E-state index contributed by atoms with van der Waals surface area (Å²) in [5.74, 6) is -0.225. The monoisotopic (exact) mass is 254 g/mol. The third-order valence-corrected chi connectivity index (χ3v) is 3.15. The highest BCUT2D eigenvalue weighted by atomic mass is 16.5. The molecule has 0 atom stereocenters. The molecule has 0 aromatic rings. The standard InChI is InChI=1S/C16H30O2/c1-4-6-7-8-9-10-11-12-13-14-15(3)16(17)18-5-2/h3-14H2,1-2H3. The lowest BCUT2D eigenvalue weighted by Crippen LogP contribution is -2.06. The van der Waals surface area contributed by atoms with E-state index in [1.165, 1.54) is 51.4 Å². The Morgan fingerprint density at radius 1 is 0.889 bits per heavy atom. The number of rotatable bonds is 12. The fraction of sp³-hybridized carbons (Fsp3) is 0.812. The van der Waals surface area contributed by atoms with Gasteiger partial charge >= 0.3 is 5.97 Å². The lowest BCUT2D eigenvalue weighted by Gasteiger charge is -2.05. The Balaban J connectivity index is 3.25. The average Bonchev–Trinajstić information content (AvgIpc) is 2.36. The van der Waals surface area contributed by atoms with E-state index in [2.05, 4.69) is 13.5 Å². The molecule has 0 heterocycles. The smallest absolute Gasteiger partial charge is 0.333 e. The Morgan fingerprint density at radius 2 is 1.39 bits per heavy atom. The molecule has 0 amide bonds. The second-order valence-corrected chi connectivity index (χ2v) is 4.90. The molecule has 0 rings (SSSR count). The van der Waals surface area contributed by atoms with Crippen LogP contribution in [0.2, 0.25) is 0 Å². The first kappa shape index (κ1) is 17.2. The molecule has 106 valence electrons. The summed E-state index contributed by atoms with van der Waals surface area (Å²) in [4.78, 5) is 11.3. The van der Waals surface area contributed by atoms with Gasteiger partial charge in [0, 0.05) is 5.57 Å². The van der Waals surface area contributed by atoms with Crippen molar-refractivity contribution in [2.24, 2.45) is 0 Å². The summed E-state index contributed by atoms with van der Waals surface area (Å²) < 4.78 is 4.90. The summed E-state index contributed by atoms with van der Waals surface area (Å²) in [5, 5.41) is 0. The van der Waals surface area contributed by atoms with Crippen molar-refractivity contribution in [2.45, 2.75) is 78.1 Å². The van der Waals surface area contributed by atoms with E-state index in [1.54, 1.807) is 0 Å². The van der Waals surface area contributed by atoms with Crippen molar-refractivity contribution < 1.29 is 9.53 Å². The zero-order valence-electron chi connectivity index (χ0n) is 12.3. The van der Waals surface area contributed by atoms with Crippen LogP contribution in [0.1, 0.15) is 78.1 Å². The summed E-state index contributed by atoms with van der Waals surface area (Å²) in [6, 6.07) is 0. The minimum atomic E-state index is -0.225. The Hall–Kier alpha value is -0.790. The van der Waals surface area contributed by atoms with Crippen molar-refractivity contribution in [1.29, 1.82) is 0 Å². The van der Waals surface area contributed by atoms with Crippen LogP contribution in [0.15, 0.2) is 12.2 Å². The van der Waals surface area contributed by atoms with Gasteiger partial charge in [0.25, 0.3) is 0 Å². The van der Waals surface area contributed by atoms with Crippen LogP contribution in [-0.2, 0) is 9.53 Å². The summed E-state index contributed by atoms with van der Waals surface area (Å²) in [6.45, 7) is 8.28. The molecular weight excluding hydrogens is 224 g/mol. The number of unbranched alkanes of at least 4 members (excludes halogenated alkanes) is 8. The van der Waals surface area contributed by atoms with Crippen molar-refractivity contribution in [3.63, 3.8) is 0 Å². The van der Waals surface area contributed by atoms with Crippen LogP contribution < -0.4 is 0 Å². The molecule has 2 nitrogen and oxygen atoms in total. The van der Waals surface area contributed by atoms with E-state index in [-0.39, 0.29) is 5.97 Å². The van der Waals surface area contributed by atoms with Crippen LogP contribution in [0.4, 0.5) is 0 Å². The van der Waals surface area contributed by atoms with Crippen molar-refractivity contribution in [1.82, 2.24) is 0 Å². The molecule has 0 spiro atoms. The second kappa shape index (κ2) is 12.7. The van der Waals surface area contributed by atoms with E-state index in [9.17, 15) is 4.79 Å². The quantitative estimate of drug-likeness (QED) is 0.277. The number of carbonyl (C=O) groups excluding carboxylic acids is 1. The van der Waals surface area contributed by atoms with Gasteiger partial charge in [-0.2, -0.15) is 0 Å². The molecule has 0 fully saturated rings. The summed E-state index contributed by atoms with van der Waals surface area (Å²) in [6.07, 6.45) is 12.5. The predicted molar refractivity (Wildman–Crippen MR) is 77.6 cm³/mol. The van der Waals surface area contributed by atoms with Crippen LogP contribution in [0.25, 0.3) is 0 Å². The van der Waals surface area contributed by atoms with Gasteiger partial charge in [-0.25, -0.2) is 4.79 Å². The van der Waals surface area contributed by atoms with Gasteiger partial charge in [0.2, 0.25) is 0 Å². The van der Waals surface area contributed by atoms with Crippen molar-refractivity contribution >= 4 is 5.97 Å². The molecule has 0 radical (unpaired) electrons. The van der Waals surface area contributed by atoms with Gasteiger partial charge in [0.15, 0.2) is 0 Å². The highest BCUT2D eigenvalue weighted by Crippen LogP contribution is 2.13. The molecule has 0 aliphatic heterocycles. The molecular formula is C16H30O2. The van der Waals surface area contributed by atoms with Crippen molar-refractivity contribution in [3.05, 3.63) is 12.2 Å². The maximum Gasteiger partial charge on any atom is 0.333 e. The van der Waals surface area contributed by atoms with Gasteiger partial charge in [-0.15, -0.1) is 0 Å². The Labute approximate surface area is 113 Å². The average molecular weight is 254 g/mol. The minimum absolute atomic E-state index is 0.225. The van der Waals surface area contributed by atoms with E-state index in [0.29, 0.717) is 12.2 Å². The predicted octanol–water partition coefficient (Wildman–Crippen LogP) is 5.03. The van der Waals surface area contributed by atoms with Crippen LogP contribution in [0.5, 0.6) is 0 Å². The second-order valence-electron chi connectivity index (χ2n) is 4.90. The van der Waals surface area contributed by atoms with E-state index < -0.39 is 0 Å². The molecule has 0 unspecified atom stereocenters. The van der Waals surface area contributed by atoms with E-state index >= 15 is 0 Å². The summed E-state index contributed by atoms with van der Waals surface area (Å²) in [5.41, 5.74) is 0.625. The molecule has 0 N–H and O–H groups in total. The topological polar surface area (TPSA) is 26.3 Å². The number of carbonyl (C=O) groups is 1. The normalized spacial score (nSPS) is 10.3. The lowest BCUT2D eigenvalue weighted by molar-refractivity contribution is -0.138. The van der Waals surface area contributed by atoms with Gasteiger partial charge < -0.3 is 4.74 Å². The van der Waals surface area contributed by atoms with Crippen LogP contribution >= 0.6 is 0 Å².